The van der Waals surface area contributed by atoms with E-state index in [0.29, 0.717) is 11.4 Å². The lowest BCUT2D eigenvalue weighted by atomic mass is 9.90. The zero-order valence-corrected chi connectivity index (χ0v) is 14.8. The molecular formula is C20H20N3O4+. The van der Waals surface area contributed by atoms with Gasteiger partial charge in [-0.2, -0.15) is 0 Å². The Hall–Kier alpha value is -3.32. The summed E-state index contributed by atoms with van der Waals surface area (Å²) in [6.07, 6.45) is 0.890. The van der Waals surface area contributed by atoms with E-state index in [1.165, 1.54) is 7.11 Å². The molecule has 1 aliphatic rings. The van der Waals surface area contributed by atoms with E-state index in [1.54, 1.807) is 24.3 Å². The average Bonchev–Trinajstić information content (AvgIpc) is 2.68. The second kappa shape index (κ2) is 6.77. The molecule has 1 aromatic heterocycles. The SMILES string of the molecule is COc1cccc(-n2c(O)c([C@@H]3[NH2+]CCc4ccccc43)c(=O)[nH]c2=O)c1. The van der Waals surface area contributed by atoms with Gasteiger partial charge in [0.1, 0.15) is 17.4 Å². The summed E-state index contributed by atoms with van der Waals surface area (Å²) < 4.78 is 6.30. The van der Waals surface area contributed by atoms with Crippen molar-refractivity contribution in [1.29, 1.82) is 0 Å². The van der Waals surface area contributed by atoms with Crippen LogP contribution in [0.4, 0.5) is 0 Å². The maximum atomic E-state index is 12.6. The van der Waals surface area contributed by atoms with Crippen LogP contribution < -0.4 is 21.3 Å². The molecule has 4 N–H and O–H groups in total. The van der Waals surface area contributed by atoms with E-state index in [0.717, 1.165) is 28.7 Å². The molecule has 1 aliphatic heterocycles. The van der Waals surface area contributed by atoms with Crippen molar-refractivity contribution in [2.24, 2.45) is 0 Å². The smallest absolute Gasteiger partial charge is 0.335 e. The zero-order valence-electron chi connectivity index (χ0n) is 14.8. The van der Waals surface area contributed by atoms with Gasteiger partial charge in [0.05, 0.1) is 19.3 Å². The Morgan fingerprint density at radius 1 is 1.19 bits per heavy atom. The van der Waals surface area contributed by atoms with Crippen LogP contribution in [0.2, 0.25) is 0 Å². The third-order valence-electron chi connectivity index (χ3n) is 4.95. The Bertz CT molecular complexity index is 1120. The van der Waals surface area contributed by atoms with Crippen LogP contribution in [0.25, 0.3) is 5.69 Å². The summed E-state index contributed by atoms with van der Waals surface area (Å²) in [6.45, 7) is 0.791. The van der Waals surface area contributed by atoms with E-state index in [2.05, 4.69) is 4.98 Å². The van der Waals surface area contributed by atoms with Crippen LogP contribution in [-0.2, 0) is 6.42 Å². The normalized spacial score (nSPS) is 16.0. The molecule has 7 heteroatoms. The summed E-state index contributed by atoms with van der Waals surface area (Å²) in [5, 5.41) is 12.9. The zero-order chi connectivity index (χ0) is 19.0. The highest BCUT2D eigenvalue weighted by atomic mass is 16.5. The number of fused-ring (bicyclic) bond motifs is 1. The first kappa shape index (κ1) is 17.1. The lowest BCUT2D eigenvalue weighted by Gasteiger charge is -2.24. The van der Waals surface area contributed by atoms with Gasteiger partial charge in [-0.1, -0.05) is 30.3 Å². The van der Waals surface area contributed by atoms with Crippen LogP contribution in [0, 0.1) is 0 Å². The van der Waals surface area contributed by atoms with Gasteiger partial charge in [0.2, 0.25) is 5.88 Å². The Morgan fingerprint density at radius 2 is 2.00 bits per heavy atom. The minimum Gasteiger partial charge on any atom is -0.497 e. The van der Waals surface area contributed by atoms with Crippen molar-refractivity contribution in [2.75, 3.05) is 13.7 Å². The topological polar surface area (TPSA) is 101 Å². The van der Waals surface area contributed by atoms with E-state index >= 15 is 0 Å². The summed E-state index contributed by atoms with van der Waals surface area (Å²) in [6, 6.07) is 14.2. The lowest BCUT2D eigenvalue weighted by Crippen LogP contribution is -2.87. The number of aromatic nitrogens is 2. The van der Waals surface area contributed by atoms with Crippen LogP contribution in [-0.4, -0.2) is 28.3 Å². The number of quaternary nitrogens is 1. The standard InChI is InChI=1S/C20H19N3O4/c1-27-14-7-4-6-13(11-14)23-19(25)16(18(24)22-20(23)26)17-15-8-3-2-5-12(15)9-10-21-17/h2-8,11,17,21,25H,9-10H2,1H3,(H,22,24,26)/p+1/t17-/m1/s1. The predicted molar refractivity (Wildman–Crippen MR) is 99.7 cm³/mol. The summed E-state index contributed by atoms with van der Waals surface area (Å²) >= 11 is 0. The van der Waals surface area contributed by atoms with Gasteiger partial charge in [0.25, 0.3) is 5.56 Å². The molecule has 0 amide bonds. The number of aromatic hydroxyl groups is 1. The van der Waals surface area contributed by atoms with Gasteiger partial charge in [-0.3, -0.25) is 9.78 Å². The Balaban J connectivity index is 1.94. The summed E-state index contributed by atoms with van der Waals surface area (Å²) in [5.41, 5.74) is 1.43. The van der Waals surface area contributed by atoms with Crippen LogP contribution in [0.1, 0.15) is 22.7 Å². The van der Waals surface area contributed by atoms with Crippen LogP contribution in [0.3, 0.4) is 0 Å². The largest absolute Gasteiger partial charge is 0.497 e. The average molecular weight is 366 g/mol. The van der Waals surface area contributed by atoms with Crippen molar-refractivity contribution in [1.82, 2.24) is 9.55 Å². The second-order valence-corrected chi connectivity index (χ2v) is 6.48. The van der Waals surface area contributed by atoms with Gasteiger partial charge in [0.15, 0.2) is 0 Å². The number of H-pyrrole nitrogens is 1. The van der Waals surface area contributed by atoms with E-state index in [1.807, 2.05) is 29.6 Å². The molecule has 0 aliphatic carbocycles. The fourth-order valence-corrected chi connectivity index (χ4v) is 3.68. The molecule has 7 nitrogen and oxygen atoms in total. The van der Waals surface area contributed by atoms with Crippen molar-refractivity contribution >= 4 is 0 Å². The van der Waals surface area contributed by atoms with E-state index < -0.39 is 11.2 Å². The van der Waals surface area contributed by atoms with Gasteiger partial charge in [-0.15, -0.1) is 0 Å². The minimum atomic E-state index is -0.696. The number of rotatable bonds is 3. The van der Waals surface area contributed by atoms with Crippen LogP contribution in [0.15, 0.2) is 58.1 Å². The number of nitrogens with one attached hydrogen (secondary N) is 1. The molecule has 0 unspecified atom stereocenters. The second-order valence-electron chi connectivity index (χ2n) is 6.48. The molecule has 1 atom stereocenters. The van der Waals surface area contributed by atoms with Crippen molar-refractivity contribution in [2.45, 2.75) is 12.5 Å². The highest BCUT2D eigenvalue weighted by Gasteiger charge is 2.31. The molecule has 27 heavy (non-hydrogen) atoms. The molecule has 0 fully saturated rings. The number of benzene rings is 2. The number of hydrogen-bond acceptors (Lipinski definition) is 4. The number of hydrogen-bond donors (Lipinski definition) is 3. The van der Waals surface area contributed by atoms with Gasteiger partial charge in [0, 0.05) is 18.1 Å². The molecule has 4 rings (SSSR count). The van der Waals surface area contributed by atoms with Crippen LogP contribution in [0.5, 0.6) is 11.6 Å². The number of methoxy groups -OCH3 is 1. The first-order chi connectivity index (χ1) is 13.1. The quantitative estimate of drug-likeness (QED) is 0.626. The van der Waals surface area contributed by atoms with E-state index in [4.69, 9.17) is 4.74 Å². The molecule has 0 saturated heterocycles. The molecule has 0 radical (unpaired) electrons. The highest BCUT2D eigenvalue weighted by molar-refractivity contribution is 5.45. The third-order valence-corrected chi connectivity index (χ3v) is 4.95. The predicted octanol–water partition coefficient (Wildman–Crippen LogP) is 0.449. The maximum absolute atomic E-state index is 12.6. The first-order valence-electron chi connectivity index (χ1n) is 8.74. The molecular weight excluding hydrogens is 346 g/mol. The van der Waals surface area contributed by atoms with Gasteiger partial charge in [-0.05, 0) is 17.7 Å². The number of ether oxygens (including phenoxy) is 1. The molecule has 0 spiro atoms. The first-order valence-corrected chi connectivity index (χ1v) is 8.74. The fourth-order valence-electron chi connectivity index (χ4n) is 3.68. The van der Waals surface area contributed by atoms with Crippen molar-refractivity contribution in [3.63, 3.8) is 0 Å². The van der Waals surface area contributed by atoms with Gasteiger partial charge < -0.3 is 15.2 Å². The van der Waals surface area contributed by atoms with Crippen molar-refractivity contribution < 1.29 is 15.2 Å². The number of nitrogens with zero attached hydrogens (tertiary/aromatic N) is 1. The summed E-state index contributed by atoms with van der Waals surface area (Å²) in [5.74, 6) is 0.191. The molecule has 2 heterocycles. The lowest BCUT2D eigenvalue weighted by molar-refractivity contribution is -0.690. The highest BCUT2D eigenvalue weighted by Crippen LogP contribution is 2.28. The van der Waals surface area contributed by atoms with Gasteiger partial charge in [-0.25, -0.2) is 9.36 Å². The molecule has 138 valence electrons. The fraction of sp³-hybridized carbons (Fsp3) is 0.200. The Labute approximate surface area is 154 Å². The van der Waals surface area contributed by atoms with Gasteiger partial charge >= 0.3 is 5.69 Å². The Kier molecular flexibility index (Phi) is 4.29. The monoisotopic (exact) mass is 366 g/mol. The molecule has 2 aromatic carbocycles. The molecule has 0 bridgehead atoms. The number of aromatic amines is 1. The van der Waals surface area contributed by atoms with E-state index in [9.17, 15) is 14.7 Å². The minimum absolute atomic E-state index is 0.171. The van der Waals surface area contributed by atoms with Crippen molar-refractivity contribution in [3.8, 4) is 17.3 Å². The summed E-state index contributed by atoms with van der Waals surface area (Å²) in [7, 11) is 1.52. The number of nitrogens with two attached hydrogens (primary N) is 1. The summed E-state index contributed by atoms with van der Waals surface area (Å²) in [4.78, 5) is 27.4. The van der Waals surface area contributed by atoms with Crippen LogP contribution >= 0.6 is 0 Å². The Morgan fingerprint density at radius 3 is 2.81 bits per heavy atom. The third kappa shape index (κ3) is 2.92. The van der Waals surface area contributed by atoms with Crippen molar-refractivity contribution in [3.05, 3.63) is 86.1 Å². The maximum Gasteiger partial charge on any atom is 0.335 e. The molecule has 3 aromatic rings. The van der Waals surface area contributed by atoms with E-state index in [-0.39, 0.29) is 17.5 Å². The molecule has 0 saturated carbocycles.